The Morgan fingerprint density at radius 2 is 1.83 bits per heavy atom. The van der Waals surface area contributed by atoms with Crippen molar-refractivity contribution in [1.82, 2.24) is 15.1 Å². The summed E-state index contributed by atoms with van der Waals surface area (Å²) in [7, 11) is 1.90. The van der Waals surface area contributed by atoms with Gasteiger partial charge < -0.3 is 24.6 Å². The molecule has 3 fully saturated rings. The number of likely N-dealkylation sites (tertiary alicyclic amines) is 2. The molecule has 0 saturated carbocycles. The van der Waals surface area contributed by atoms with Crippen LogP contribution in [0.4, 0.5) is 0 Å². The van der Waals surface area contributed by atoms with E-state index in [1.165, 1.54) is 51.7 Å². The first-order valence-electron chi connectivity index (χ1n) is 11.7. The summed E-state index contributed by atoms with van der Waals surface area (Å²) >= 11 is 0. The second kappa shape index (κ2) is 14.0. The molecule has 3 heterocycles. The maximum atomic E-state index is 6.15. The van der Waals surface area contributed by atoms with Crippen molar-refractivity contribution in [2.75, 3.05) is 59.5 Å². The number of nitrogens with zero attached hydrogens (tertiary/aromatic N) is 3. The molecule has 3 aliphatic heterocycles. The van der Waals surface area contributed by atoms with Gasteiger partial charge in [0, 0.05) is 39.8 Å². The average molecular weight is 523 g/mol. The molecular weight excluding hydrogens is 479 g/mol. The van der Waals surface area contributed by atoms with E-state index in [0.29, 0.717) is 18.1 Å². The van der Waals surface area contributed by atoms with Crippen molar-refractivity contribution >= 4 is 29.9 Å². The van der Waals surface area contributed by atoms with E-state index in [9.17, 15) is 0 Å². The minimum atomic E-state index is 0. The van der Waals surface area contributed by atoms with Crippen molar-refractivity contribution < 1.29 is 9.47 Å². The molecule has 3 rings (SSSR count). The molecule has 0 aliphatic carbocycles. The Morgan fingerprint density at radius 3 is 2.48 bits per heavy atom. The molecule has 2 unspecified atom stereocenters. The van der Waals surface area contributed by atoms with Gasteiger partial charge in [0.15, 0.2) is 5.96 Å². The number of halogens is 1. The molecule has 29 heavy (non-hydrogen) atoms. The molecule has 0 aromatic heterocycles. The third-order valence-corrected chi connectivity index (χ3v) is 6.37. The van der Waals surface area contributed by atoms with E-state index in [1.807, 2.05) is 7.05 Å². The van der Waals surface area contributed by atoms with Gasteiger partial charge in [-0.2, -0.15) is 0 Å². The minimum Gasteiger partial charge on any atom is -0.376 e. The lowest BCUT2D eigenvalue weighted by Crippen LogP contribution is -2.48. The zero-order valence-corrected chi connectivity index (χ0v) is 20.9. The molecular formula is C22H43IN4O2. The van der Waals surface area contributed by atoms with Crippen molar-refractivity contribution in [3.8, 4) is 0 Å². The van der Waals surface area contributed by atoms with Crippen LogP contribution >= 0.6 is 24.0 Å². The van der Waals surface area contributed by atoms with Crippen LogP contribution in [-0.2, 0) is 9.47 Å². The fourth-order valence-electron chi connectivity index (χ4n) is 4.66. The van der Waals surface area contributed by atoms with Crippen LogP contribution in [0.1, 0.15) is 58.3 Å². The molecule has 0 amide bonds. The van der Waals surface area contributed by atoms with Crippen molar-refractivity contribution in [2.24, 2.45) is 10.9 Å². The van der Waals surface area contributed by atoms with E-state index in [0.717, 1.165) is 58.1 Å². The SMILES string of the molecule is CN=C(NCC(C)CN1CCCCC1)N1CCC(OCC2CCCCO2)CC1.I. The number of hydrogen-bond donors (Lipinski definition) is 1. The third-order valence-electron chi connectivity index (χ3n) is 6.37. The summed E-state index contributed by atoms with van der Waals surface area (Å²) in [4.78, 5) is 9.55. The molecule has 1 N–H and O–H groups in total. The van der Waals surface area contributed by atoms with Gasteiger partial charge in [-0.15, -0.1) is 24.0 Å². The molecule has 0 spiro atoms. The van der Waals surface area contributed by atoms with Crippen LogP contribution in [0.3, 0.4) is 0 Å². The van der Waals surface area contributed by atoms with Crippen LogP contribution in [0.15, 0.2) is 4.99 Å². The number of aliphatic imine (C=N–C) groups is 1. The fraction of sp³-hybridized carbons (Fsp3) is 0.955. The van der Waals surface area contributed by atoms with Crippen molar-refractivity contribution in [3.05, 3.63) is 0 Å². The molecule has 6 nitrogen and oxygen atoms in total. The van der Waals surface area contributed by atoms with Gasteiger partial charge in [0.1, 0.15) is 0 Å². The molecule has 7 heteroatoms. The first kappa shape index (κ1) is 25.1. The monoisotopic (exact) mass is 522 g/mol. The lowest BCUT2D eigenvalue weighted by Gasteiger charge is -2.35. The topological polar surface area (TPSA) is 49.3 Å². The predicted octanol–water partition coefficient (Wildman–Crippen LogP) is 3.35. The maximum absolute atomic E-state index is 6.15. The molecule has 3 aliphatic rings. The normalized spacial score (nSPS) is 26.1. The zero-order chi connectivity index (χ0) is 19.6. The average Bonchev–Trinajstić information content (AvgIpc) is 2.75. The van der Waals surface area contributed by atoms with Crippen LogP contribution in [0, 0.1) is 5.92 Å². The molecule has 0 aromatic rings. The Balaban J connectivity index is 0.00000300. The first-order valence-corrected chi connectivity index (χ1v) is 11.7. The van der Waals surface area contributed by atoms with E-state index in [-0.39, 0.29) is 24.0 Å². The number of nitrogens with one attached hydrogen (secondary N) is 1. The van der Waals surface area contributed by atoms with Crippen LogP contribution < -0.4 is 5.32 Å². The zero-order valence-electron chi connectivity index (χ0n) is 18.6. The predicted molar refractivity (Wildman–Crippen MR) is 130 cm³/mol. The molecule has 0 aromatic carbocycles. The second-order valence-electron chi connectivity index (χ2n) is 8.90. The number of guanidine groups is 1. The van der Waals surface area contributed by atoms with Gasteiger partial charge in [0.25, 0.3) is 0 Å². The smallest absolute Gasteiger partial charge is 0.193 e. The van der Waals surface area contributed by atoms with Crippen LogP contribution in [0.2, 0.25) is 0 Å². The van der Waals surface area contributed by atoms with Crippen LogP contribution in [0.5, 0.6) is 0 Å². The Hall–Kier alpha value is -0.120. The summed E-state index contributed by atoms with van der Waals surface area (Å²) in [6.45, 7) is 10.8. The Labute approximate surface area is 195 Å². The van der Waals surface area contributed by atoms with E-state index < -0.39 is 0 Å². The van der Waals surface area contributed by atoms with Gasteiger partial charge in [-0.05, 0) is 64.0 Å². The van der Waals surface area contributed by atoms with Gasteiger partial charge in [-0.1, -0.05) is 13.3 Å². The Morgan fingerprint density at radius 1 is 1.07 bits per heavy atom. The summed E-state index contributed by atoms with van der Waals surface area (Å²) in [6, 6.07) is 0. The molecule has 2 atom stereocenters. The largest absolute Gasteiger partial charge is 0.376 e. The number of hydrogen-bond acceptors (Lipinski definition) is 4. The Bertz CT molecular complexity index is 460. The van der Waals surface area contributed by atoms with Crippen molar-refractivity contribution in [3.63, 3.8) is 0 Å². The van der Waals surface area contributed by atoms with Crippen molar-refractivity contribution in [2.45, 2.75) is 70.5 Å². The summed E-state index contributed by atoms with van der Waals surface area (Å²) in [5.74, 6) is 1.70. The van der Waals surface area contributed by atoms with E-state index in [4.69, 9.17) is 9.47 Å². The van der Waals surface area contributed by atoms with Crippen molar-refractivity contribution in [1.29, 1.82) is 0 Å². The standard InChI is InChI=1S/C22H42N4O2.HI/c1-19(17-25-11-5-3-6-12-25)16-24-22(23-2)26-13-9-20(10-14-26)28-18-21-8-4-7-15-27-21;/h19-21H,3-18H2,1-2H3,(H,23,24);1H. The van der Waals surface area contributed by atoms with Crippen LogP contribution in [-0.4, -0.2) is 87.5 Å². The molecule has 0 bridgehead atoms. The van der Waals surface area contributed by atoms with Crippen LogP contribution in [0.25, 0.3) is 0 Å². The number of piperidine rings is 2. The fourth-order valence-corrected chi connectivity index (χ4v) is 4.66. The van der Waals surface area contributed by atoms with Gasteiger partial charge in [0.05, 0.1) is 18.8 Å². The Kier molecular flexibility index (Phi) is 12.2. The summed E-state index contributed by atoms with van der Waals surface area (Å²) in [5.41, 5.74) is 0. The molecule has 170 valence electrons. The minimum absolute atomic E-state index is 0. The molecule has 0 radical (unpaired) electrons. The van der Waals surface area contributed by atoms with E-state index >= 15 is 0 Å². The number of ether oxygens (including phenoxy) is 2. The van der Waals surface area contributed by atoms with Gasteiger partial charge in [0.2, 0.25) is 0 Å². The van der Waals surface area contributed by atoms with Gasteiger partial charge in [-0.25, -0.2) is 0 Å². The lowest BCUT2D eigenvalue weighted by atomic mass is 10.1. The van der Waals surface area contributed by atoms with Gasteiger partial charge >= 0.3 is 0 Å². The molecule has 3 saturated heterocycles. The maximum Gasteiger partial charge on any atom is 0.193 e. The van der Waals surface area contributed by atoms with E-state index in [1.54, 1.807) is 0 Å². The highest BCUT2D eigenvalue weighted by molar-refractivity contribution is 14.0. The third kappa shape index (κ3) is 8.87. The summed E-state index contributed by atoms with van der Waals surface area (Å²) in [6.07, 6.45) is 10.6. The lowest BCUT2D eigenvalue weighted by molar-refractivity contribution is -0.0721. The highest BCUT2D eigenvalue weighted by atomic mass is 127. The van der Waals surface area contributed by atoms with Gasteiger partial charge in [-0.3, -0.25) is 4.99 Å². The number of rotatable bonds is 7. The second-order valence-corrected chi connectivity index (χ2v) is 8.90. The first-order chi connectivity index (χ1) is 13.7. The summed E-state index contributed by atoms with van der Waals surface area (Å²) < 4.78 is 11.9. The summed E-state index contributed by atoms with van der Waals surface area (Å²) in [5, 5.41) is 3.62. The highest BCUT2D eigenvalue weighted by Gasteiger charge is 2.24. The quantitative estimate of drug-likeness (QED) is 0.316. The van der Waals surface area contributed by atoms with E-state index in [2.05, 4.69) is 27.0 Å². The highest BCUT2D eigenvalue weighted by Crippen LogP contribution is 2.18.